The number of carbonyl (C=O) groups excluding carboxylic acids is 1. The lowest BCUT2D eigenvalue weighted by molar-refractivity contribution is -0.139. The molecule has 0 bridgehead atoms. The van der Waals surface area contributed by atoms with Gasteiger partial charge in [0.2, 0.25) is 0 Å². The molecule has 3 aliphatic rings. The molecule has 1 aromatic carbocycles. The topological polar surface area (TPSA) is 76.6 Å². The number of ether oxygens (including phenoxy) is 1. The highest BCUT2D eigenvalue weighted by Crippen LogP contribution is 2.27. The lowest BCUT2D eigenvalue weighted by Gasteiger charge is -2.37. The largest absolute Gasteiger partial charge is 0.480 e. The number of hydrogen-bond acceptors (Lipinski definition) is 6. The monoisotopic (exact) mass is 458 g/mol. The lowest BCUT2D eigenvalue weighted by atomic mass is 9.92. The van der Waals surface area contributed by atoms with Crippen LogP contribution in [0, 0.1) is 5.92 Å². The zero-order valence-corrected chi connectivity index (χ0v) is 19.8. The minimum absolute atomic E-state index is 0.0243. The van der Waals surface area contributed by atoms with E-state index < -0.39 is 5.97 Å². The summed E-state index contributed by atoms with van der Waals surface area (Å²) in [6.45, 7) is 9.07. The second-order valence-electron chi connectivity index (χ2n) is 9.76. The Hall–Kier alpha value is -2.16. The second kappa shape index (κ2) is 11.3. The molecule has 33 heavy (non-hydrogen) atoms. The second-order valence-corrected chi connectivity index (χ2v) is 9.76. The number of rotatable bonds is 9. The van der Waals surface area contributed by atoms with E-state index in [4.69, 9.17) is 9.84 Å². The Morgan fingerprint density at radius 2 is 1.73 bits per heavy atom. The molecule has 4 rings (SSSR count). The van der Waals surface area contributed by atoms with Crippen molar-refractivity contribution >= 4 is 12.1 Å². The summed E-state index contributed by atoms with van der Waals surface area (Å²) in [5, 5.41) is 8.97. The van der Waals surface area contributed by atoms with Crippen LogP contribution in [0.1, 0.15) is 38.2 Å². The van der Waals surface area contributed by atoms with Crippen LogP contribution in [0.5, 0.6) is 0 Å². The number of hydrogen-bond donors (Lipinski definition) is 1. The van der Waals surface area contributed by atoms with E-state index in [2.05, 4.69) is 47.1 Å². The average Bonchev–Trinajstić information content (AvgIpc) is 3.09. The third-order valence-electron chi connectivity index (χ3n) is 7.45. The van der Waals surface area contributed by atoms with Gasteiger partial charge in [-0.2, -0.15) is 0 Å². The highest BCUT2D eigenvalue weighted by Gasteiger charge is 2.42. The van der Waals surface area contributed by atoms with Crippen molar-refractivity contribution in [2.75, 3.05) is 52.4 Å². The van der Waals surface area contributed by atoms with Gasteiger partial charge in [-0.25, -0.2) is 4.79 Å². The molecule has 0 saturated carbocycles. The number of benzene rings is 1. The van der Waals surface area contributed by atoms with Gasteiger partial charge in [0, 0.05) is 39.3 Å². The van der Waals surface area contributed by atoms with Crippen molar-refractivity contribution in [1.82, 2.24) is 19.6 Å². The van der Waals surface area contributed by atoms with Crippen LogP contribution >= 0.6 is 0 Å². The number of carbonyl (C=O) groups is 2. The minimum atomic E-state index is -0.794. The van der Waals surface area contributed by atoms with Gasteiger partial charge in [-0.05, 0) is 57.2 Å². The number of aliphatic carboxylic acids is 1. The first-order valence-corrected chi connectivity index (χ1v) is 12.4. The molecular formula is C25H38N4O4. The van der Waals surface area contributed by atoms with Gasteiger partial charge < -0.3 is 14.7 Å². The number of piperidine rings is 1. The Balaban J connectivity index is 1.15. The van der Waals surface area contributed by atoms with Crippen LogP contribution in [0.3, 0.4) is 0 Å². The number of likely N-dealkylation sites (tertiary alicyclic amines) is 1. The van der Waals surface area contributed by atoms with E-state index in [1.165, 1.54) is 18.4 Å². The molecule has 0 spiro atoms. The fourth-order valence-corrected chi connectivity index (χ4v) is 5.46. The Kier molecular flexibility index (Phi) is 8.22. The number of piperazine rings is 1. The first kappa shape index (κ1) is 24.0. The maximum Gasteiger partial charge on any atom is 0.411 e. The summed E-state index contributed by atoms with van der Waals surface area (Å²) in [6, 6.07) is 10.7. The smallest absolute Gasteiger partial charge is 0.411 e. The summed E-state index contributed by atoms with van der Waals surface area (Å²) in [7, 11) is 0. The molecule has 0 radical (unpaired) electrons. The van der Waals surface area contributed by atoms with Gasteiger partial charge in [-0.3, -0.25) is 19.5 Å². The van der Waals surface area contributed by atoms with Crippen LogP contribution in [0.2, 0.25) is 0 Å². The van der Waals surface area contributed by atoms with E-state index >= 15 is 0 Å². The zero-order valence-electron chi connectivity index (χ0n) is 19.8. The number of carboxylic acids is 1. The third kappa shape index (κ3) is 6.46. The molecule has 8 heteroatoms. The quantitative estimate of drug-likeness (QED) is 0.609. The summed E-state index contributed by atoms with van der Waals surface area (Å²) in [5.41, 5.74) is 1.38. The van der Waals surface area contributed by atoms with E-state index in [-0.39, 0.29) is 24.9 Å². The van der Waals surface area contributed by atoms with Crippen molar-refractivity contribution in [1.29, 1.82) is 0 Å². The average molecular weight is 459 g/mol. The van der Waals surface area contributed by atoms with Crippen molar-refractivity contribution in [2.24, 2.45) is 5.92 Å². The summed E-state index contributed by atoms with van der Waals surface area (Å²) in [5.74, 6) is -0.0544. The molecule has 8 nitrogen and oxygen atoms in total. The van der Waals surface area contributed by atoms with E-state index in [1.807, 2.05) is 9.80 Å². The van der Waals surface area contributed by atoms with E-state index in [9.17, 15) is 9.59 Å². The fraction of sp³-hybridized carbons (Fsp3) is 0.680. The summed E-state index contributed by atoms with van der Waals surface area (Å²) >= 11 is 0. The number of carboxylic acid groups (broad SMARTS) is 1. The predicted molar refractivity (Wildman–Crippen MR) is 126 cm³/mol. The molecule has 0 aromatic heterocycles. The fourth-order valence-electron chi connectivity index (χ4n) is 5.46. The van der Waals surface area contributed by atoms with Crippen LogP contribution in [-0.2, 0) is 16.1 Å². The van der Waals surface area contributed by atoms with Gasteiger partial charge >= 0.3 is 12.1 Å². The van der Waals surface area contributed by atoms with Crippen LogP contribution in [0.15, 0.2) is 30.3 Å². The Morgan fingerprint density at radius 3 is 2.39 bits per heavy atom. The Labute approximate surface area is 197 Å². The van der Waals surface area contributed by atoms with Gasteiger partial charge in [-0.1, -0.05) is 30.3 Å². The third-order valence-corrected chi connectivity index (χ3v) is 7.45. The molecule has 2 atom stereocenters. The van der Waals surface area contributed by atoms with Crippen LogP contribution in [0.25, 0.3) is 0 Å². The van der Waals surface area contributed by atoms with Gasteiger partial charge in [-0.15, -0.1) is 0 Å². The van der Waals surface area contributed by atoms with Gasteiger partial charge in [0.1, 0.15) is 0 Å². The van der Waals surface area contributed by atoms with Crippen LogP contribution in [-0.4, -0.2) is 101 Å². The molecule has 1 amide bonds. The highest BCUT2D eigenvalue weighted by molar-refractivity contribution is 5.70. The molecule has 182 valence electrons. The molecule has 1 aromatic rings. The van der Waals surface area contributed by atoms with Crippen molar-refractivity contribution in [3.05, 3.63) is 35.9 Å². The normalized spacial score (nSPS) is 26.0. The van der Waals surface area contributed by atoms with Crippen molar-refractivity contribution in [3.8, 4) is 0 Å². The van der Waals surface area contributed by atoms with Gasteiger partial charge in [0.25, 0.3) is 0 Å². The minimum Gasteiger partial charge on any atom is -0.480 e. The number of amides is 1. The molecule has 3 aliphatic heterocycles. The zero-order chi connectivity index (χ0) is 23.2. The maximum atomic E-state index is 12.5. The molecule has 3 fully saturated rings. The van der Waals surface area contributed by atoms with E-state index in [1.54, 1.807) is 0 Å². The van der Waals surface area contributed by atoms with Crippen LogP contribution in [0.4, 0.5) is 4.79 Å². The maximum absolute atomic E-state index is 12.5. The number of nitrogens with zero attached hydrogens (tertiary/aromatic N) is 4. The Morgan fingerprint density at radius 1 is 1.03 bits per heavy atom. The molecule has 2 unspecified atom stereocenters. The summed E-state index contributed by atoms with van der Waals surface area (Å²) in [6.07, 6.45) is 4.20. The van der Waals surface area contributed by atoms with Gasteiger partial charge in [0.15, 0.2) is 6.23 Å². The molecule has 3 heterocycles. The SMILES string of the molecule is CC1C(N2CCN(CC(=O)O)CC2)OC(=O)N1CCCC1CCN(Cc2ccccc2)CC1. The number of cyclic esters (lactones) is 1. The van der Waals surface area contributed by atoms with Crippen molar-refractivity contribution < 1.29 is 19.4 Å². The van der Waals surface area contributed by atoms with Crippen LogP contribution < -0.4 is 0 Å². The Bertz CT molecular complexity index is 776. The highest BCUT2D eigenvalue weighted by atomic mass is 16.6. The first-order chi connectivity index (χ1) is 16.0. The standard InChI is InChI=1S/C25H38N4O4/c1-20-24(28-16-14-27(15-17-28)19-23(30)31)33-25(32)29(20)11-5-8-21-9-12-26(13-10-21)18-22-6-3-2-4-7-22/h2-4,6-7,20-21,24H,5,8-19H2,1H3,(H,30,31). The van der Waals surface area contributed by atoms with Crippen molar-refractivity contribution in [3.63, 3.8) is 0 Å². The molecular weight excluding hydrogens is 420 g/mol. The van der Waals surface area contributed by atoms with E-state index in [0.29, 0.717) is 13.1 Å². The lowest BCUT2D eigenvalue weighted by Crippen LogP contribution is -2.54. The van der Waals surface area contributed by atoms with Crippen molar-refractivity contribution in [2.45, 2.75) is 51.4 Å². The molecule has 1 N–H and O–H groups in total. The molecule has 3 saturated heterocycles. The summed E-state index contributed by atoms with van der Waals surface area (Å²) in [4.78, 5) is 32.0. The van der Waals surface area contributed by atoms with Gasteiger partial charge in [0.05, 0.1) is 12.6 Å². The predicted octanol–water partition coefficient (Wildman–Crippen LogP) is 2.55. The molecule has 0 aliphatic carbocycles. The van der Waals surface area contributed by atoms with E-state index in [0.717, 1.165) is 58.0 Å². The summed E-state index contributed by atoms with van der Waals surface area (Å²) < 4.78 is 5.73. The first-order valence-electron chi connectivity index (χ1n) is 12.4.